The molecule has 0 aliphatic heterocycles. The standard InChI is InChI=1S/C12H21N3O/c1-3-8-16-9-4-7-14-12-11(13)6-5-10(2)15-12/h5-6H,3-4,7-9,13H2,1-2H3,(H,14,15). The minimum Gasteiger partial charge on any atom is -0.396 e. The molecule has 90 valence electrons. The monoisotopic (exact) mass is 223 g/mol. The number of hydrogen-bond acceptors (Lipinski definition) is 4. The molecule has 1 aromatic heterocycles. The number of aromatic nitrogens is 1. The molecule has 0 unspecified atom stereocenters. The molecule has 0 saturated carbocycles. The molecule has 1 aromatic rings. The van der Waals surface area contributed by atoms with Gasteiger partial charge in [0.2, 0.25) is 0 Å². The van der Waals surface area contributed by atoms with Gasteiger partial charge in [0.25, 0.3) is 0 Å². The van der Waals surface area contributed by atoms with Crippen LogP contribution in [0.3, 0.4) is 0 Å². The van der Waals surface area contributed by atoms with Gasteiger partial charge >= 0.3 is 0 Å². The summed E-state index contributed by atoms with van der Waals surface area (Å²) in [5, 5.41) is 3.21. The van der Waals surface area contributed by atoms with Crippen molar-refractivity contribution in [3.8, 4) is 0 Å². The Morgan fingerprint density at radius 3 is 2.94 bits per heavy atom. The average Bonchev–Trinajstić information content (AvgIpc) is 2.28. The Hall–Kier alpha value is -1.29. The van der Waals surface area contributed by atoms with Crippen molar-refractivity contribution in [1.82, 2.24) is 4.98 Å². The Labute approximate surface area is 97.2 Å². The molecule has 16 heavy (non-hydrogen) atoms. The smallest absolute Gasteiger partial charge is 0.149 e. The third-order valence-electron chi connectivity index (χ3n) is 2.17. The molecule has 0 spiro atoms. The first-order valence-electron chi connectivity index (χ1n) is 5.78. The molecular weight excluding hydrogens is 202 g/mol. The minimum absolute atomic E-state index is 0.695. The van der Waals surface area contributed by atoms with E-state index in [-0.39, 0.29) is 0 Å². The minimum atomic E-state index is 0.695. The first-order valence-corrected chi connectivity index (χ1v) is 5.78. The number of hydrogen-bond donors (Lipinski definition) is 2. The fourth-order valence-electron chi connectivity index (χ4n) is 1.34. The zero-order valence-corrected chi connectivity index (χ0v) is 10.1. The highest BCUT2D eigenvalue weighted by Gasteiger charge is 1.99. The van der Waals surface area contributed by atoms with Gasteiger partial charge in [-0.05, 0) is 31.9 Å². The molecule has 4 nitrogen and oxygen atoms in total. The molecule has 0 radical (unpaired) electrons. The fraction of sp³-hybridized carbons (Fsp3) is 0.583. The lowest BCUT2D eigenvalue weighted by atomic mass is 10.3. The van der Waals surface area contributed by atoms with Gasteiger partial charge in [-0.2, -0.15) is 0 Å². The molecule has 1 rings (SSSR count). The van der Waals surface area contributed by atoms with Crippen molar-refractivity contribution in [2.45, 2.75) is 26.7 Å². The van der Waals surface area contributed by atoms with Crippen molar-refractivity contribution in [3.63, 3.8) is 0 Å². The normalized spacial score (nSPS) is 10.4. The molecule has 0 aliphatic carbocycles. The Morgan fingerprint density at radius 2 is 2.19 bits per heavy atom. The summed E-state index contributed by atoms with van der Waals surface area (Å²) in [4.78, 5) is 4.33. The molecule has 1 heterocycles. The molecule has 4 heteroatoms. The molecule has 0 aliphatic rings. The van der Waals surface area contributed by atoms with Gasteiger partial charge in [0.1, 0.15) is 5.82 Å². The van der Waals surface area contributed by atoms with Crippen LogP contribution < -0.4 is 11.1 Å². The predicted molar refractivity (Wildman–Crippen MR) is 67.6 cm³/mol. The molecule has 0 aromatic carbocycles. The Bertz CT molecular complexity index is 315. The quantitative estimate of drug-likeness (QED) is 0.696. The van der Waals surface area contributed by atoms with Crippen molar-refractivity contribution in [1.29, 1.82) is 0 Å². The maximum atomic E-state index is 5.80. The number of anilines is 2. The van der Waals surface area contributed by atoms with Gasteiger partial charge in [0, 0.05) is 25.5 Å². The van der Waals surface area contributed by atoms with Crippen molar-refractivity contribution in [3.05, 3.63) is 17.8 Å². The summed E-state index contributed by atoms with van der Waals surface area (Å²) < 4.78 is 5.38. The van der Waals surface area contributed by atoms with Crippen LogP contribution in [-0.4, -0.2) is 24.7 Å². The van der Waals surface area contributed by atoms with E-state index in [1.165, 1.54) is 0 Å². The molecule has 0 fully saturated rings. The number of rotatable bonds is 7. The van der Waals surface area contributed by atoms with Crippen molar-refractivity contribution < 1.29 is 4.74 Å². The first-order chi connectivity index (χ1) is 7.74. The number of nitrogens with one attached hydrogen (secondary N) is 1. The van der Waals surface area contributed by atoms with Gasteiger partial charge in [-0.25, -0.2) is 4.98 Å². The maximum absolute atomic E-state index is 5.80. The van der Waals surface area contributed by atoms with Crippen LogP contribution in [0.5, 0.6) is 0 Å². The van der Waals surface area contributed by atoms with Crippen LogP contribution >= 0.6 is 0 Å². The third-order valence-corrected chi connectivity index (χ3v) is 2.17. The number of ether oxygens (including phenoxy) is 1. The lowest BCUT2D eigenvalue weighted by Crippen LogP contribution is -2.09. The molecule has 0 saturated heterocycles. The van der Waals surface area contributed by atoms with Crippen LogP contribution in [0.25, 0.3) is 0 Å². The van der Waals surface area contributed by atoms with E-state index in [9.17, 15) is 0 Å². The van der Waals surface area contributed by atoms with E-state index in [2.05, 4.69) is 17.2 Å². The van der Waals surface area contributed by atoms with Crippen LogP contribution in [-0.2, 0) is 4.74 Å². The van der Waals surface area contributed by atoms with Crippen LogP contribution in [0, 0.1) is 6.92 Å². The number of pyridine rings is 1. The number of nitrogen functional groups attached to an aromatic ring is 1. The van der Waals surface area contributed by atoms with E-state index in [0.717, 1.165) is 44.1 Å². The van der Waals surface area contributed by atoms with E-state index in [1.54, 1.807) is 0 Å². The zero-order valence-electron chi connectivity index (χ0n) is 10.1. The number of nitrogens with zero attached hydrogens (tertiary/aromatic N) is 1. The summed E-state index contributed by atoms with van der Waals surface area (Å²) >= 11 is 0. The summed E-state index contributed by atoms with van der Waals surface area (Å²) in [5.41, 5.74) is 7.46. The van der Waals surface area contributed by atoms with E-state index >= 15 is 0 Å². The van der Waals surface area contributed by atoms with Gasteiger partial charge in [-0.1, -0.05) is 6.92 Å². The highest BCUT2D eigenvalue weighted by atomic mass is 16.5. The molecule has 0 bridgehead atoms. The Balaban J connectivity index is 2.23. The SMILES string of the molecule is CCCOCCCNc1nc(C)ccc1N. The van der Waals surface area contributed by atoms with Gasteiger partial charge in [0.05, 0.1) is 5.69 Å². The Kier molecular flexibility index (Phi) is 5.64. The summed E-state index contributed by atoms with van der Waals surface area (Å²) in [6.45, 7) is 6.52. The van der Waals surface area contributed by atoms with Crippen molar-refractivity contribution in [2.24, 2.45) is 0 Å². The van der Waals surface area contributed by atoms with Gasteiger partial charge in [-0.15, -0.1) is 0 Å². The lowest BCUT2D eigenvalue weighted by molar-refractivity contribution is 0.134. The van der Waals surface area contributed by atoms with E-state index in [0.29, 0.717) is 5.69 Å². The van der Waals surface area contributed by atoms with Crippen molar-refractivity contribution >= 4 is 11.5 Å². The van der Waals surface area contributed by atoms with E-state index in [4.69, 9.17) is 10.5 Å². The summed E-state index contributed by atoms with van der Waals surface area (Å²) in [6, 6.07) is 3.78. The fourth-order valence-corrected chi connectivity index (χ4v) is 1.34. The maximum Gasteiger partial charge on any atom is 0.149 e. The second-order valence-corrected chi connectivity index (χ2v) is 3.78. The van der Waals surface area contributed by atoms with E-state index in [1.807, 2.05) is 19.1 Å². The van der Waals surface area contributed by atoms with E-state index < -0.39 is 0 Å². The van der Waals surface area contributed by atoms with Gasteiger partial charge in [-0.3, -0.25) is 0 Å². The van der Waals surface area contributed by atoms with Crippen LogP contribution in [0.2, 0.25) is 0 Å². The van der Waals surface area contributed by atoms with Gasteiger partial charge < -0.3 is 15.8 Å². The first kappa shape index (κ1) is 12.8. The van der Waals surface area contributed by atoms with Crippen LogP contribution in [0.15, 0.2) is 12.1 Å². The third kappa shape index (κ3) is 4.49. The molecule has 0 amide bonds. The molecule has 3 N–H and O–H groups in total. The molecule has 0 atom stereocenters. The predicted octanol–water partition coefficient (Wildman–Crippen LogP) is 2.20. The number of aryl methyl sites for hydroxylation is 1. The molecular formula is C12H21N3O. The van der Waals surface area contributed by atoms with Crippen molar-refractivity contribution in [2.75, 3.05) is 30.8 Å². The highest BCUT2D eigenvalue weighted by Crippen LogP contribution is 2.14. The largest absolute Gasteiger partial charge is 0.396 e. The Morgan fingerprint density at radius 1 is 1.38 bits per heavy atom. The number of nitrogens with two attached hydrogens (primary N) is 1. The van der Waals surface area contributed by atoms with Crippen LogP contribution in [0.1, 0.15) is 25.5 Å². The lowest BCUT2D eigenvalue weighted by Gasteiger charge is -2.09. The topological polar surface area (TPSA) is 60.2 Å². The summed E-state index contributed by atoms with van der Waals surface area (Å²) in [7, 11) is 0. The average molecular weight is 223 g/mol. The highest BCUT2D eigenvalue weighted by molar-refractivity contribution is 5.61. The van der Waals surface area contributed by atoms with Crippen LogP contribution in [0.4, 0.5) is 11.5 Å². The summed E-state index contributed by atoms with van der Waals surface area (Å²) in [5.74, 6) is 0.774. The second kappa shape index (κ2) is 7.06. The van der Waals surface area contributed by atoms with Gasteiger partial charge in [0.15, 0.2) is 0 Å². The second-order valence-electron chi connectivity index (χ2n) is 3.78. The zero-order chi connectivity index (χ0) is 11.8. The summed E-state index contributed by atoms with van der Waals surface area (Å²) in [6.07, 6.45) is 2.04.